The Bertz CT molecular complexity index is 374. The van der Waals surface area contributed by atoms with Gasteiger partial charge < -0.3 is 14.7 Å². The molecule has 1 saturated heterocycles. The van der Waals surface area contributed by atoms with Crippen molar-refractivity contribution in [1.82, 2.24) is 0 Å². The Morgan fingerprint density at radius 3 is 2.58 bits per heavy atom. The number of hydrogen-bond donors (Lipinski definition) is 2. The molecule has 106 valence electrons. The van der Waals surface area contributed by atoms with E-state index in [2.05, 4.69) is 22.9 Å². The van der Waals surface area contributed by atoms with Gasteiger partial charge in [0.25, 0.3) is 0 Å². The summed E-state index contributed by atoms with van der Waals surface area (Å²) in [6.45, 7) is 5.83. The molecule has 1 fully saturated rings. The van der Waals surface area contributed by atoms with Gasteiger partial charge in [0.1, 0.15) is 25.0 Å². The second kappa shape index (κ2) is 7.27. The van der Waals surface area contributed by atoms with Crippen molar-refractivity contribution in [2.45, 2.75) is 25.9 Å². The molecule has 0 unspecified atom stereocenters. The number of rotatable bonds is 5. The van der Waals surface area contributed by atoms with Crippen LogP contribution in [0.5, 0.6) is 5.75 Å². The molecular weight excluding hydrogens is 306 g/mol. The summed E-state index contributed by atoms with van der Waals surface area (Å²) in [5, 5.41) is 10.0. The Balaban J connectivity index is 1.69. The highest BCUT2D eigenvalue weighted by molar-refractivity contribution is 9.10. The summed E-state index contributed by atoms with van der Waals surface area (Å²) >= 11 is 3.39. The number of halogens is 1. The van der Waals surface area contributed by atoms with Crippen molar-refractivity contribution >= 4 is 15.9 Å². The predicted molar refractivity (Wildman–Crippen MR) is 79.6 cm³/mol. The fourth-order valence-corrected chi connectivity index (χ4v) is 2.75. The predicted octanol–water partition coefficient (Wildman–Crippen LogP) is 1.50. The van der Waals surface area contributed by atoms with Crippen LogP contribution in [0.1, 0.15) is 19.8 Å². The van der Waals surface area contributed by atoms with Crippen LogP contribution in [0.2, 0.25) is 0 Å². The molecule has 0 saturated carbocycles. The van der Waals surface area contributed by atoms with E-state index in [0.717, 1.165) is 22.7 Å². The van der Waals surface area contributed by atoms with Crippen LogP contribution in [0.25, 0.3) is 0 Å². The molecule has 0 aromatic heterocycles. The molecule has 0 spiro atoms. The Morgan fingerprint density at radius 2 is 1.95 bits per heavy atom. The van der Waals surface area contributed by atoms with Crippen LogP contribution in [-0.2, 0) is 0 Å². The lowest BCUT2D eigenvalue weighted by Gasteiger charge is -2.28. The van der Waals surface area contributed by atoms with Crippen molar-refractivity contribution in [3.8, 4) is 5.75 Å². The van der Waals surface area contributed by atoms with Crippen molar-refractivity contribution in [2.75, 3.05) is 26.2 Å². The molecule has 2 N–H and O–H groups in total. The molecule has 3 nitrogen and oxygen atoms in total. The van der Waals surface area contributed by atoms with E-state index in [4.69, 9.17) is 4.74 Å². The summed E-state index contributed by atoms with van der Waals surface area (Å²) in [4.78, 5) is 1.50. The lowest BCUT2D eigenvalue weighted by atomic mass is 9.99. The third kappa shape index (κ3) is 5.13. The van der Waals surface area contributed by atoms with Crippen molar-refractivity contribution < 1.29 is 14.7 Å². The van der Waals surface area contributed by atoms with E-state index in [0.29, 0.717) is 6.61 Å². The van der Waals surface area contributed by atoms with Gasteiger partial charge in [0.2, 0.25) is 0 Å². The molecule has 1 aliphatic heterocycles. The van der Waals surface area contributed by atoms with E-state index in [-0.39, 0.29) is 6.10 Å². The SMILES string of the molecule is CC1CC[NH+](C[C@H](O)COc2ccc(Br)cc2)CC1. The standard InChI is InChI=1S/C15H22BrNO2/c1-12-6-8-17(9-7-12)10-14(18)11-19-15-4-2-13(16)3-5-15/h2-5,12,14,18H,6-11H2,1H3/p+1/t14-/m0/s1. The number of aliphatic hydroxyl groups excluding tert-OH is 1. The van der Waals surface area contributed by atoms with Crippen LogP contribution < -0.4 is 9.64 Å². The van der Waals surface area contributed by atoms with Crippen molar-refractivity contribution in [1.29, 1.82) is 0 Å². The summed E-state index contributed by atoms with van der Waals surface area (Å²) in [7, 11) is 0. The van der Waals surface area contributed by atoms with E-state index >= 15 is 0 Å². The van der Waals surface area contributed by atoms with Crippen molar-refractivity contribution in [3.05, 3.63) is 28.7 Å². The molecule has 1 aliphatic rings. The van der Waals surface area contributed by atoms with Crippen LogP contribution in [0.3, 0.4) is 0 Å². The average Bonchev–Trinajstić information content (AvgIpc) is 2.41. The van der Waals surface area contributed by atoms with Gasteiger partial charge in [0.15, 0.2) is 0 Å². The summed E-state index contributed by atoms with van der Waals surface area (Å²) < 4.78 is 6.64. The molecule has 4 heteroatoms. The third-order valence-corrected chi connectivity index (χ3v) is 4.29. The van der Waals surface area contributed by atoms with Gasteiger partial charge in [-0.3, -0.25) is 0 Å². The van der Waals surface area contributed by atoms with Crippen LogP contribution in [0.15, 0.2) is 28.7 Å². The monoisotopic (exact) mass is 328 g/mol. The van der Waals surface area contributed by atoms with Gasteiger partial charge in [0, 0.05) is 4.47 Å². The van der Waals surface area contributed by atoms with Gasteiger partial charge in [-0.2, -0.15) is 0 Å². The smallest absolute Gasteiger partial charge is 0.137 e. The fraction of sp³-hybridized carbons (Fsp3) is 0.600. The zero-order chi connectivity index (χ0) is 13.7. The Hall–Kier alpha value is -0.580. The maximum Gasteiger partial charge on any atom is 0.137 e. The minimum Gasteiger partial charge on any atom is -0.491 e. The van der Waals surface area contributed by atoms with E-state index in [9.17, 15) is 5.11 Å². The highest BCUT2D eigenvalue weighted by Crippen LogP contribution is 2.16. The van der Waals surface area contributed by atoms with Crippen molar-refractivity contribution in [3.63, 3.8) is 0 Å². The zero-order valence-corrected chi connectivity index (χ0v) is 13.0. The normalized spacial score (nSPS) is 25.0. The molecular formula is C15H23BrNO2+. The molecule has 0 radical (unpaired) electrons. The number of benzene rings is 1. The van der Waals surface area contributed by atoms with Crippen molar-refractivity contribution in [2.24, 2.45) is 5.92 Å². The first-order chi connectivity index (χ1) is 9.13. The number of nitrogens with one attached hydrogen (secondary N) is 1. The van der Waals surface area contributed by atoms with E-state index in [1.165, 1.54) is 30.8 Å². The number of ether oxygens (including phenoxy) is 1. The van der Waals surface area contributed by atoms with Crippen LogP contribution in [-0.4, -0.2) is 37.5 Å². The van der Waals surface area contributed by atoms with Crippen LogP contribution in [0, 0.1) is 5.92 Å². The van der Waals surface area contributed by atoms with Crippen LogP contribution >= 0.6 is 15.9 Å². The lowest BCUT2D eigenvalue weighted by molar-refractivity contribution is -0.909. The Kier molecular flexibility index (Phi) is 5.67. The van der Waals surface area contributed by atoms with E-state index in [1.54, 1.807) is 0 Å². The molecule has 0 bridgehead atoms. The zero-order valence-electron chi connectivity index (χ0n) is 11.4. The molecule has 0 amide bonds. The third-order valence-electron chi connectivity index (χ3n) is 3.76. The molecule has 2 rings (SSSR count). The number of aliphatic hydroxyl groups is 1. The number of quaternary nitrogens is 1. The largest absolute Gasteiger partial charge is 0.491 e. The first-order valence-corrected chi connectivity index (χ1v) is 7.83. The Labute approximate surface area is 123 Å². The summed E-state index contributed by atoms with van der Waals surface area (Å²) in [6, 6.07) is 7.70. The second-order valence-electron chi connectivity index (χ2n) is 5.56. The topological polar surface area (TPSA) is 33.9 Å². The molecule has 1 aromatic rings. The molecule has 19 heavy (non-hydrogen) atoms. The summed E-state index contributed by atoms with van der Waals surface area (Å²) in [6.07, 6.45) is 2.16. The van der Waals surface area contributed by atoms with Crippen LogP contribution in [0.4, 0.5) is 0 Å². The number of likely N-dealkylation sites (tertiary alicyclic amines) is 1. The molecule has 1 heterocycles. The van der Waals surface area contributed by atoms with E-state index in [1.807, 2.05) is 24.3 Å². The van der Waals surface area contributed by atoms with Gasteiger partial charge in [-0.1, -0.05) is 22.9 Å². The fourth-order valence-electron chi connectivity index (χ4n) is 2.49. The highest BCUT2D eigenvalue weighted by atomic mass is 79.9. The second-order valence-corrected chi connectivity index (χ2v) is 6.47. The number of hydrogen-bond acceptors (Lipinski definition) is 2. The lowest BCUT2D eigenvalue weighted by Crippen LogP contribution is -3.14. The summed E-state index contributed by atoms with van der Waals surface area (Å²) in [5.74, 6) is 1.66. The van der Waals surface area contributed by atoms with Gasteiger partial charge in [-0.15, -0.1) is 0 Å². The van der Waals surface area contributed by atoms with Gasteiger partial charge >= 0.3 is 0 Å². The molecule has 0 aliphatic carbocycles. The molecule has 1 atom stereocenters. The van der Waals surface area contributed by atoms with Gasteiger partial charge in [0.05, 0.1) is 13.1 Å². The minimum atomic E-state index is -0.382. The highest BCUT2D eigenvalue weighted by Gasteiger charge is 2.21. The first kappa shape index (κ1) is 14.8. The maximum atomic E-state index is 10.0. The maximum absolute atomic E-state index is 10.0. The summed E-state index contributed by atoms with van der Waals surface area (Å²) in [5.41, 5.74) is 0. The minimum absolute atomic E-state index is 0.376. The van der Waals surface area contributed by atoms with Gasteiger partial charge in [-0.05, 0) is 43.0 Å². The quantitative estimate of drug-likeness (QED) is 0.859. The van der Waals surface area contributed by atoms with Gasteiger partial charge in [-0.25, -0.2) is 0 Å². The molecule has 1 aromatic carbocycles. The number of piperidine rings is 1. The average molecular weight is 329 g/mol. The van der Waals surface area contributed by atoms with E-state index < -0.39 is 0 Å². The first-order valence-electron chi connectivity index (χ1n) is 7.03. The Morgan fingerprint density at radius 1 is 1.32 bits per heavy atom.